The van der Waals surface area contributed by atoms with Gasteiger partial charge >= 0.3 is 0 Å². The van der Waals surface area contributed by atoms with Gasteiger partial charge in [0.25, 0.3) is 0 Å². The minimum Gasteiger partial charge on any atom is -0.263 e. The SMILES string of the molecule is Ic1cncc(-c2ccnc(I)c2)c1. The minimum atomic E-state index is 0.999. The fraction of sp³-hybridized carbons (Fsp3) is 0. The Morgan fingerprint density at radius 3 is 2.57 bits per heavy atom. The third-order valence-corrected chi connectivity index (χ3v) is 2.94. The Morgan fingerprint density at radius 2 is 1.86 bits per heavy atom. The van der Waals surface area contributed by atoms with Crippen LogP contribution in [0.3, 0.4) is 0 Å². The second-order valence-corrected chi connectivity index (χ2v) is 5.11. The molecule has 0 aromatic carbocycles. The van der Waals surface area contributed by atoms with Crippen LogP contribution in [0.2, 0.25) is 0 Å². The second kappa shape index (κ2) is 4.52. The van der Waals surface area contributed by atoms with Gasteiger partial charge in [-0.15, -0.1) is 0 Å². The molecule has 2 heterocycles. The molecule has 0 amide bonds. The molecule has 0 aliphatic rings. The largest absolute Gasteiger partial charge is 0.263 e. The molecule has 2 nitrogen and oxygen atoms in total. The molecule has 0 bridgehead atoms. The minimum absolute atomic E-state index is 0.999. The predicted octanol–water partition coefficient (Wildman–Crippen LogP) is 3.35. The molecule has 0 N–H and O–H groups in total. The first kappa shape index (κ1) is 10.3. The van der Waals surface area contributed by atoms with Crippen molar-refractivity contribution in [3.05, 3.63) is 44.1 Å². The second-order valence-electron chi connectivity index (χ2n) is 2.76. The monoisotopic (exact) mass is 408 g/mol. The molecular formula is C10H6I2N2. The summed E-state index contributed by atoms with van der Waals surface area (Å²) in [5, 5.41) is 0. The van der Waals surface area contributed by atoms with Crippen LogP contribution < -0.4 is 0 Å². The molecule has 0 radical (unpaired) electrons. The van der Waals surface area contributed by atoms with Gasteiger partial charge in [-0.1, -0.05) is 0 Å². The standard InChI is InChI=1S/C10H6I2N2/c11-9-3-8(5-13-6-9)7-1-2-14-10(12)4-7/h1-6H. The topological polar surface area (TPSA) is 25.8 Å². The van der Waals surface area contributed by atoms with Crippen molar-refractivity contribution < 1.29 is 0 Å². The summed E-state index contributed by atoms with van der Waals surface area (Å²) >= 11 is 4.47. The van der Waals surface area contributed by atoms with Gasteiger partial charge in [0.15, 0.2) is 0 Å². The fourth-order valence-electron chi connectivity index (χ4n) is 1.15. The van der Waals surface area contributed by atoms with E-state index in [9.17, 15) is 0 Å². The number of nitrogens with zero attached hydrogens (tertiary/aromatic N) is 2. The van der Waals surface area contributed by atoms with Crippen LogP contribution in [0.4, 0.5) is 0 Å². The Hall–Kier alpha value is -0.240. The van der Waals surface area contributed by atoms with E-state index in [1.54, 1.807) is 0 Å². The van der Waals surface area contributed by atoms with Crippen LogP contribution >= 0.6 is 45.2 Å². The van der Waals surface area contributed by atoms with Crippen molar-refractivity contribution in [2.24, 2.45) is 0 Å². The molecule has 2 aromatic heterocycles. The Morgan fingerprint density at radius 1 is 1.00 bits per heavy atom. The fourth-order valence-corrected chi connectivity index (χ4v) is 2.14. The van der Waals surface area contributed by atoms with E-state index < -0.39 is 0 Å². The van der Waals surface area contributed by atoms with E-state index in [-0.39, 0.29) is 0 Å². The van der Waals surface area contributed by atoms with E-state index >= 15 is 0 Å². The Labute approximate surface area is 109 Å². The number of rotatable bonds is 1. The molecule has 0 aliphatic heterocycles. The third-order valence-electron chi connectivity index (χ3n) is 1.76. The van der Waals surface area contributed by atoms with Gasteiger partial charge in [-0.3, -0.25) is 9.97 Å². The summed E-state index contributed by atoms with van der Waals surface area (Å²) in [5.41, 5.74) is 2.30. The lowest BCUT2D eigenvalue weighted by atomic mass is 10.1. The van der Waals surface area contributed by atoms with E-state index in [1.165, 1.54) is 0 Å². The summed E-state index contributed by atoms with van der Waals surface area (Å²) in [7, 11) is 0. The molecule has 70 valence electrons. The van der Waals surface area contributed by atoms with Crippen molar-refractivity contribution in [3.63, 3.8) is 0 Å². The van der Waals surface area contributed by atoms with Crippen LogP contribution in [0.5, 0.6) is 0 Å². The van der Waals surface area contributed by atoms with Gasteiger partial charge in [0.2, 0.25) is 0 Å². The smallest absolute Gasteiger partial charge is 0.101 e. The molecule has 2 aromatic rings. The summed E-state index contributed by atoms with van der Waals surface area (Å²) in [4.78, 5) is 8.31. The number of halogens is 2. The van der Waals surface area contributed by atoms with Gasteiger partial charge in [0, 0.05) is 27.7 Å². The molecule has 0 unspecified atom stereocenters. The first-order chi connectivity index (χ1) is 6.75. The Kier molecular flexibility index (Phi) is 3.32. The zero-order valence-corrected chi connectivity index (χ0v) is 11.4. The highest BCUT2D eigenvalue weighted by atomic mass is 127. The van der Waals surface area contributed by atoms with E-state index in [0.29, 0.717) is 0 Å². The molecule has 0 spiro atoms. The molecule has 0 atom stereocenters. The first-order valence-electron chi connectivity index (χ1n) is 3.98. The zero-order valence-electron chi connectivity index (χ0n) is 7.11. The van der Waals surface area contributed by atoms with Crippen molar-refractivity contribution in [2.45, 2.75) is 0 Å². The van der Waals surface area contributed by atoms with Gasteiger partial charge in [-0.2, -0.15) is 0 Å². The van der Waals surface area contributed by atoms with Crippen molar-refractivity contribution in [2.75, 3.05) is 0 Å². The maximum Gasteiger partial charge on any atom is 0.101 e. The number of pyridine rings is 2. The molecular weight excluding hydrogens is 402 g/mol. The summed E-state index contributed by atoms with van der Waals surface area (Å²) in [5.74, 6) is 0. The van der Waals surface area contributed by atoms with E-state index in [2.05, 4.69) is 61.2 Å². The summed E-state index contributed by atoms with van der Waals surface area (Å²) < 4.78 is 2.14. The molecule has 0 saturated carbocycles. The molecule has 0 fully saturated rings. The van der Waals surface area contributed by atoms with Gasteiger partial charge in [0.05, 0.1) is 0 Å². The normalized spacial score (nSPS) is 10.1. The van der Waals surface area contributed by atoms with Crippen LogP contribution in [0, 0.1) is 7.27 Å². The average molecular weight is 408 g/mol. The van der Waals surface area contributed by atoms with Crippen molar-refractivity contribution in [1.29, 1.82) is 0 Å². The Bertz CT molecular complexity index is 414. The van der Waals surface area contributed by atoms with Crippen LogP contribution in [-0.2, 0) is 0 Å². The number of hydrogen-bond donors (Lipinski definition) is 0. The zero-order chi connectivity index (χ0) is 9.97. The van der Waals surface area contributed by atoms with Gasteiger partial charge < -0.3 is 0 Å². The highest BCUT2D eigenvalue weighted by Gasteiger charge is 1.99. The maximum atomic E-state index is 4.16. The summed E-state index contributed by atoms with van der Waals surface area (Å²) in [6.07, 6.45) is 5.53. The lowest BCUT2D eigenvalue weighted by Gasteiger charge is -2.01. The molecule has 2 rings (SSSR count). The van der Waals surface area contributed by atoms with Gasteiger partial charge in [-0.05, 0) is 68.9 Å². The highest BCUT2D eigenvalue weighted by molar-refractivity contribution is 14.1. The van der Waals surface area contributed by atoms with Crippen molar-refractivity contribution >= 4 is 45.2 Å². The van der Waals surface area contributed by atoms with E-state index in [1.807, 2.05) is 30.7 Å². The van der Waals surface area contributed by atoms with E-state index in [0.717, 1.165) is 18.4 Å². The van der Waals surface area contributed by atoms with Crippen LogP contribution in [0.15, 0.2) is 36.8 Å². The summed E-state index contributed by atoms with van der Waals surface area (Å²) in [6.45, 7) is 0. The van der Waals surface area contributed by atoms with Crippen molar-refractivity contribution in [3.8, 4) is 11.1 Å². The van der Waals surface area contributed by atoms with Crippen molar-refractivity contribution in [1.82, 2.24) is 9.97 Å². The highest BCUT2D eigenvalue weighted by Crippen LogP contribution is 2.20. The number of aromatic nitrogens is 2. The molecule has 4 heteroatoms. The predicted molar refractivity (Wildman–Crippen MR) is 72.9 cm³/mol. The lowest BCUT2D eigenvalue weighted by molar-refractivity contribution is 1.26. The lowest BCUT2D eigenvalue weighted by Crippen LogP contribution is -1.84. The first-order valence-corrected chi connectivity index (χ1v) is 6.14. The van der Waals surface area contributed by atoms with Crippen LogP contribution in [0.1, 0.15) is 0 Å². The molecule has 14 heavy (non-hydrogen) atoms. The van der Waals surface area contributed by atoms with Gasteiger partial charge in [-0.25, -0.2) is 0 Å². The average Bonchev–Trinajstić information content (AvgIpc) is 2.18. The quantitative estimate of drug-likeness (QED) is 0.535. The maximum absolute atomic E-state index is 4.16. The van der Waals surface area contributed by atoms with Gasteiger partial charge in [0.1, 0.15) is 3.70 Å². The number of hydrogen-bond acceptors (Lipinski definition) is 2. The molecule has 0 aliphatic carbocycles. The van der Waals surface area contributed by atoms with Crippen LogP contribution in [0.25, 0.3) is 11.1 Å². The summed E-state index contributed by atoms with van der Waals surface area (Å²) in [6, 6.07) is 6.15. The Balaban J connectivity index is 2.49. The molecule has 0 saturated heterocycles. The third kappa shape index (κ3) is 2.41. The van der Waals surface area contributed by atoms with Crippen LogP contribution in [-0.4, -0.2) is 9.97 Å². The van der Waals surface area contributed by atoms with E-state index in [4.69, 9.17) is 0 Å².